The molecule has 0 spiro atoms. The van der Waals surface area contributed by atoms with Gasteiger partial charge < -0.3 is 20.7 Å². The molecular weight excluding hydrogens is 483 g/mol. The molecule has 3 aromatic rings. The number of halogens is 3. The van der Waals surface area contributed by atoms with Crippen molar-refractivity contribution < 1.29 is 22.7 Å². The fourth-order valence-electron chi connectivity index (χ4n) is 3.82. The van der Waals surface area contributed by atoms with Crippen molar-refractivity contribution in [1.82, 2.24) is 9.97 Å². The second kappa shape index (κ2) is 11.0. The molecule has 7 nitrogen and oxygen atoms in total. The molecule has 37 heavy (non-hydrogen) atoms. The van der Waals surface area contributed by atoms with Gasteiger partial charge in [-0.15, -0.1) is 0 Å². The lowest BCUT2D eigenvalue weighted by molar-refractivity contribution is -0.141. The molecule has 1 saturated heterocycles. The third-order valence-electron chi connectivity index (χ3n) is 5.69. The zero-order chi connectivity index (χ0) is 26.6. The number of benzene rings is 1. The Morgan fingerprint density at radius 2 is 1.92 bits per heavy atom. The van der Waals surface area contributed by atoms with Crippen LogP contribution >= 0.6 is 0 Å². The highest BCUT2D eigenvalue weighted by atomic mass is 19.4. The molecule has 0 radical (unpaired) electrons. The second-order valence-electron chi connectivity index (χ2n) is 8.67. The van der Waals surface area contributed by atoms with Crippen molar-refractivity contribution in [2.24, 2.45) is 5.73 Å². The summed E-state index contributed by atoms with van der Waals surface area (Å²) in [6, 6.07) is 10.8. The molecule has 2 aromatic heterocycles. The Morgan fingerprint density at radius 1 is 1.16 bits per heavy atom. The maximum absolute atomic E-state index is 13.0. The predicted octanol–water partition coefficient (Wildman–Crippen LogP) is 4.26. The van der Waals surface area contributed by atoms with Crippen molar-refractivity contribution in [2.75, 3.05) is 36.5 Å². The first-order valence-corrected chi connectivity index (χ1v) is 11.7. The summed E-state index contributed by atoms with van der Waals surface area (Å²) in [6.45, 7) is 6.30. The number of anilines is 2. The number of rotatable bonds is 4. The summed E-state index contributed by atoms with van der Waals surface area (Å²) >= 11 is 0. The van der Waals surface area contributed by atoms with Crippen LogP contribution in [-0.2, 0) is 10.9 Å². The molecule has 3 N–H and O–H groups in total. The number of aromatic nitrogens is 2. The fourth-order valence-corrected chi connectivity index (χ4v) is 3.82. The molecule has 0 saturated carbocycles. The number of alkyl halides is 3. The summed E-state index contributed by atoms with van der Waals surface area (Å²) in [5.74, 6) is 6.04. The number of carbonyl (C=O) groups is 1. The molecule has 1 aliphatic heterocycles. The SMILES string of the molecule is Cc1ccc(NC(=O)c2ccnc(C(F)(F)F)c2)cc1-c1cc(C#C[C@H](C)N)nc(N2CCOCC2)c1. The van der Waals surface area contributed by atoms with Crippen LogP contribution in [0.15, 0.2) is 48.7 Å². The number of carbonyl (C=O) groups excluding carboxylic acids is 1. The van der Waals surface area contributed by atoms with Gasteiger partial charge in [-0.05, 0) is 72.9 Å². The lowest BCUT2D eigenvalue weighted by atomic mass is 9.99. The average molecular weight is 510 g/mol. The molecule has 10 heteroatoms. The minimum absolute atomic E-state index is 0.142. The first-order chi connectivity index (χ1) is 17.6. The van der Waals surface area contributed by atoms with E-state index < -0.39 is 17.8 Å². The van der Waals surface area contributed by atoms with Crippen LogP contribution in [0.3, 0.4) is 0 Å². The monoisotopic (exact) mass is 509 g/mol. The Hall–Kier alpha value is -3.94. The molecular formula is C27H26F3N5O2. The summed E-state index contributed by atoms with van der Waals surface area (Å²) in [4.78, 5) is 22.8. The van der Waals surface area contributed by atoms with E-state index in [0.717, 1.165) is 34.8 Å². The lowest BCUT2D eigenvalue weighted by Gasteiger charge is -2.28. The molecule has 3 heterocycles. The molecule has 0 unspecified atom stereocenters. The number of nitrogens with zero attached hydrogens (tertiary/aromatic N) is 3. The highest BCUT2D eigenvalue weighted by molar-refractivity contribution is 6.04. The van der Waals surface area contributed by atoms with Gasteiger partial charge in [-0.3, -0.25) is 9.78 Å². The Balaban J connectivity index is 1.68. The lowest BCUT2D eigenvalue weighted by Crippen LogP contribution is -2.36. The summed E-state index contributed by atoms with van der Waals surface area (Å²) < 4.78 is 44.5. The zero-order valence-electron chi connectivity index (χ0n) is 20.4. The maximum Gasteiger partial charge on any atom is 0.433 e. The summed E-state index contributed by atoms with van der Waals surface area (Å²) in [6.07, 6.45) is -3.68. The van der Waals surface area contributed by atoms with Crippen molar-refractivity contribution in [3.05, 3.63) is 71.2 Å². The number of aryl methyl sites for hydroxylation is 1. The van der Waals surface area contributed by atoms with Crippen LogP contribution in [0.2, 0.25) is 0 Å². The Labute approximate surface area is 212 Å². The van der Waals surface area contributed by atoms with E-state index >= 15 is 0 Å². The van der Waals surface area contributed by atoms with Gasteiger partial charge in [0.15, 0.2) is 0 Å². The third-order valence-corrected chi connectivity index (χ3v) is 5.69. The Morgan fingerprint density at radius 3 is 2.62 bits per heavy atom. The molecule has 192 valence electrons. The summed E-state index contributed by atoms with van der Waals surface area (Å²) in [5, 5.41) is 2.69. The van der Waals surface area contributed by atoms with Crippen LogP contribution in [0.5, 0.6) is 0 Å². The van der Waals surface area contributed by atoms with E-state index in [2.05, 4.69) is 27.0 Å². The van der Waals surface area contributed by atoms with Gasteiger partial charge in [-0.1, -0.05) is 12.0 Å². The Bertz CT molecular complexity index is 1360. The molecule has 4 rings (SSSR count). The van der Waals surface area contributed by atoms with E-state index in [9.17, 15) is 18.0 Å². The largest absolute Gasteiger partial charge is 0.433 e. The summed E-state index contributed by atoms with van der Waals surface area (Å²) in [7, 11) is 0. The first-order valence-electron chi connectivity index (χ1n) is 11.7. The molecule has 1 fully saturated rings. The second-order valence-corrected chi connectivity index (χ2v) is 8.67. The van der Waals surface area contributed by atoms with Crippen LogP contribution in [0, 0.1) is 18.8 Å². The van der Waals surface area contributed by atoms with Gasteiger partial charge in [-0.2, -0.15) is 13.2 Å². The fraction of sp³-hybridized carbons (Fsp3) is 0.296. The van der Waals surface area contributed by atoms with E-state index in [4.69, 9.17) is 15.5 Å². The van der Waals surface area contributed by atoms with E-state index in [1.165, 1.54) is 6.07 Å². The minimum Gasteiger partial charge on any atom is -0.378 e. The molecule has 1 aliphatic rings. The van der Waals surface area contributed by atoms with Crippen molar-refractivity contribution >= 4 is 17.4 Å². The van der Waals surface area contributed by atoms with Gasteiger partial charge in [0.25, 0.3) is 5.91 Å². The van der Waals surface area contributed by atoms with E-state index in [-0.39, 0.29) is 11.6 Å². The van der Waals surface area contributed by atoms with Gasteiger partial charge in [-0.25, -0.2) is 4.98 Å². The minimum atomic E-state index is -4.64. The number of morpholine rings is 1. The quantitative estimate of drug-likeness (QED) is 0.511. The normalized spacial score (nSPS) is 14.5. The van der Waals surface area contributed by atoms with Gasteiger partial charge in [0.2, 0.25) is 0 Å². The average Bonchev–Trinajstić information content (AvgIpc) is 2.88. The van der Waals surface area contributed by atoms with Crippen molar-refractivity contribution in [3.63, 3.8) is 0 Å². The number of ether oxygens (including phenoxy) is 1. The topological polar surface area (TPSA) is 93.4 Å². The van der Waals surface area contributed by atoms with Gasteiger partial charge in [0, 0.05) is 30.5 Å². The highest BCUT2D eigenvalue weighted by Crippen LogP contribution is 2.31. The van der Waals surface area contributed by atoms with E-state index in [1.807, 2.05) is 25.1 Å². The number of hydrogen-bond donors (Lipinski definition) is 2. The summed E-state index contributed by atoms with van der Waals surface area (Å²) in [5.41, 5.74) is 8.12. The molecule has 1 atom stereocenters. The molecule has 0 aliphatic carbocycles. The van der Waals surface area contributed by atoms with Crippen LogP contribution in [-0.4, -0.2) is 48.2 Å². The molecule has 1 amide bonds. The maximum atomic E-state index is 13.0. The van der Waals surface area contributed by atoms with E-state index in [0.29, 0.717) is 37.7 Å². The van der Waals surface area contributed by atoms with E-state index in [1.54, 1.807) is 19.1 Å². The third kappa shape index (κ3) is 6.64. The standard InChI is InChI=1S/C27H26F3N5O2/c1-17-3-5-22(34-26(36)19-7-8-32-24(14-19)27(28,29)30)16-23(17)20-13-21(6-4-18(2)31)33-25(15-20)35-9-11-37-12-10-35/h3,5,7-8,13-16,18H,9-12,31H2,1-2H3,(H,34,36)/t18-/m0/s1. The first kappa shape index (κ1) is 26.1. The van der Waals surface area contributed by atoms with Crippen LogP contribution in [0.4, 0.5) is 24.7 Å². The van der Waals surface area contributed by atoms with Crippen LogP contribution in [0.1, 0.15) is 34.2 Å². The predicted molar refractivity (Wildman–Crippen MR) is 135 cm³/mol. The van der Waals surface area contributed by atoms with Gasteiger partial charge in [0.1, 0.15) is 17.2 Å². The molecule has 0 bridgehead atoms. The number of pyridine rings is 2. The number of nitrogens with two attached hydrogens (primary N) is 1. The number of nitrogens with one attached hydrogen (secondary N) is 1. The molecule has 1 aromatic carbocycles. The van der Waals surface area contributed by atoms with Crippen LogP contribution in [0.25, 0.3) is 11.1 Å². The zero-order valence-corrected chi connectivity index (χ0v) is 20.4. The van der Waals surface area contributed by atoms with Crippen molar-refractivity contribution in [3.8, 4) is 23.0 Å². The highest BCUT2D eigenvalue weighted by Gasteiger charge is 2.33. The smallest absolute Gasteiger partial charge is 0.378 e. The number of amides is 1. The van der Waals surface area contributed by atoms with Crippen LogP contribution < -0.4 is 16.0 Å². The van der Waals surface area contributed by atoms with Crippen molar-refractivity contribution in [1.29, 1.82) is 0 Å². The number of hydrogen-bond acceptors (Lipinski definition) is 6. The van der Waals surface area contributed by atoms with Crippen molar-refractivity contribution in [2.45, 2.75) is 26.1 Å². The van der Waals surface area contributed by atoms with Gasteiger partial charge >= 0.3 is 6.18 Å². The van der Waals surface area contributed by atoms with Gasteiger partial charge in [0.05, 0.1) is 19.3 Å². The Kier molecular flexibility index (Phi) is 7.76.